The number of allylic oxidation sites excluding steroid dienone is 1. The third kappa shape index (κ3) is 3.57. The predicted molar refractivity (Wildman–Crippen MR) is 102 cm³/mol. The molecular weight excluding hydrogens is 314 g/mol. The topological polar surface area (TPSA) is 18.5 Å². The number of halogens is 1. The number of hydrogen-bond donors (Lipinski definition) is 0. The molecule has 3 rings (SSSR count). The molecule has 1 saturated carbocycles. The molecule has 0 spiro atoms. The summed E-state index contributed by atoms with van der Waals surface area (Å²) in [4.78, 5) is 0. The smallest absolute Gasteiger partial charge is 0.398 e. The van der Waals surface area contributed by atoms with Crippen LogP contribution in [0.15, 0.2) is 23.9 Å². The van der Waals surface area contributed by atoms with Gasteiger partial charge in [0.05, 0.1) is 11.2 Å². The van der Waals surface area contributed by atoms with Crippen molar-refractivity contribution in [3.8, 4) is 0 Å². The fourth-order valence-electron chi connectivity index (χ4n) is 3.14. The molecule has 0 atom stereocenters. The first kappa shape index (κ1) is 18.7. The highest BCUT2D eigenvalue weighted by atomic mass is 19.1. The van der Waals surface area contributed by atoms with Crippen molar-refractivity contribution < 1.29 is 13.7 Å². The zero-order valence-corrected chi connectivity index (χ0v) is 16.6. The molecule has 1 aromatic rings. The Kier molecular flexibility index (Phi) is 4.66. The van der Waals surface area contributed by atoms with Gasteiger partial charge in [-0.2, -0.15) is 0 Å². The fraction of sp³-hybridized carbons (Fsp3) is 0.619. The van der Waals surface area contributed by atoms with Crippen LogP contribution in [0.1, 0.15) is 89.8 Å². The average molecular weight is 344 g/mol. The van der Waals surface area contributed by atoms with Gasteiger partial charge in [-0.25, -0.2) is 4.39 Å². The monoisotopic (exact) mass is 344 g/mol. The number of rotatable bonds is 4. The van der Waals surface area contributed by atoms with Crippen molar-refractivity contribution in [2.45, 2.75) is 84.3 Å². The number of hydrogen-bond acceptors (Lipinski definition) is 2. The molecule has 2 nitrogen and oxygen atoms in total. The summed E-state index contributed by atoms with van der Waals surface area (Å²) in [7, 11) is -0.933. The van der Waals surface area contributed by atoms with Crippen LogP contribution in [0, 0.1) is 0 Å². The Morgan fingerprint density at radius 3 is 2.12 bits per heavy atom. The van der Waals surface area contributed by atoms with Crippen molar-refractivity contribution in [2.75, 3.05) is 0 Å². The zero-order chi connectivity index (χ0) is 18.6. The van der Waals surface area contributed by atoms with E-state index in [4.69, 9.17) is 9.31 Å². The summed E-state index contributed by atoms with van der Waals surface area (Å²) in [6.45, 7) is 14.0. The molecule has 0 amide bonds. The van der Waals surface area contributed by atoms with Gasteiger partial charge in [0.25, 0.3) is 0 Å². The Morgan fingerprint density at radius 2 is 1.64 bits per heavy atom. The Balaban J connectivity index is 1.96. The maximum Gasteiger partial charge on any atom is 0.525 e. The minimum Gasteiger partial charge on any atom is -0.398 e. The quantitative estimate of drug-likeness (QED) is 0.622. The lowest BCUT2D eigenvalue weighted by atomic mass is 9.82. The summed E-state index contributed by atoms with van der Waals surface area (Å²) in [5, 5.41) is 0. The summed E-state index contributed by atoms with van der Waals surface area (Å²) in [5.74, 6) is 1.07. The van der Waals surface area contributed by atoms with Crippen molar-refractivity contribution in [3.63, 3.8) is 0 Å². The minimum absolute atomic E-state index is 0.318. The van der Waals surface area contributed by atoms with Gasteiger partial charge in [-0.1, -0.05) is 32.0 Å². The second-order valence-electron chi connectivity index (χ2n) is 8.88. The van der Waals surface area contributed by atoms with E-state index in [1.165, 1.54) is 24.0 Å². The van der Waals surface area contributed by atoms with E-state index in [2.05, 4.69) is 32.0 Å². The first-order valence-corrected chi connectivity index (χ1v) is 9.39. The van der Waals surface area contributed by atoms with E-state index < -0.39 is 18.3 Å². The van der Waals surface area contributed by atoms with Gasteiger partial charge in [-0.3, -0.25) is 0 Å². The maximum absolute atomic E-state index is 15.2. The molecule has 0 N–H and O–H groups in total. The Hall–Kier alpha value is -1.13. The highest BCUT2D eigenvalue weighted by molar-refractivity contribution is 6.55. The van der Waals surface area contributed by atoms with Crippen molar-refractivity contribution in [1.29, 1.82) is 0 Å². The second kappa shape index (κ2) is 6.24. The largest absolute Gasteiger partial charge is 0.525 e. The van der Waals surface area contributed by atoms with E-state index in [-0.39, 0.29) is 5.73 Å². The van der Waals surface area contributed by atoms with Gasteiger partial charge in [-0.15, -0.1) is 0 Å². The molecule has 0 aromatic heterocycles. The van der Waals surface area contributed by atoms with Crippen LogP contribution in [0.25, 0.3) is 5.57 Å². The van der Waals surface area contributed by atoms with E-state index in [1.54, 1.807) is 0 Å². The molecule has 0 unspecified atom stereocenters. The molecular formula is C21H30BFO2. The zero-order valence-electron chi connectivity index (χ0n) is 16.6. The molecule has 4 heteroatoms. The van der Waals surface area contributed by atoms with Gasteiger partial charge in [0.2, 0.25) is 0 Å². The predicted octanol–water partition coefficient (Wildman–Crippen LogP) is 6.02. The van der Waals surface area contributed by atoms with Crippen LogP contribution >= 0.6 is 0 Å². The van der Waals surface area contributed by atoms with Crippen LogP contribution in [0.5, 0.6) is 0 Å². The maximum atomic E-state index is 15.2. The van der Waals surface area contributed by atoms with Crippen LogP contribution in [0.2, 0.25) is 0 Å². The van der Waals surface area contributed by atoms with Crippen molar-refractivity contribution >= 4 is 12.7 Å². The van der Waals surface area contributed by atoms with Crippen LogP contribution in [0.3, 0.4) is 0 Å². The molecule has 25 heavy (non-hydrogen) atoms. The van der Waals surface area contributed by atoms with E-state index in [0.29, 0.717) is 17.4 Å². The third-order valence-electron chi connectivity index (χ3n) is 5.94. The molecule has 1 aliphatic carbocycles. The molecule has 136 valence electrons. The van der Waals surface area contributed by atoms with Crippen molar-refractivity contribution in [3.05, 3.63) is 40.6 Å². The Morgan fingerprint density at radius 1 is 1.08 bits per heavy atom. The van der Waals surface area contributed by atoms with E-state index in [0.717, 1.165) is 5.56 Å². The van der Waals surface area contributed by atoms with Gasteiger partial charge in [-0.05, 0) is 81.6 Å². The van der Waals surface area contributed by atoms with Crippen LogP contribution in [0.4, 0.5) is 4.39 Å². The van der Waals surface area contributed by atoms with Crippen LogP contribution < -0.4 is 0 Å². The lowest BCUT2D eigenvalue weighted by Crippen LogP contribution is -2.41. The summed E-state index contributed by atoms with van der Waals surface area (Å²) < 4.78 is 26.9. The lowest BCUT2D eigenvalue weighted by molar-refractivity contribution is 0.00578. The van der Waals surface area contributed by atoms with Gasteiger partial charge in [0, 0.05) is 0 Å². The molecule has 1 aromatic carbocycles. The summed E-state index contributed by atoms with van der Waals surface area (Å²) in [5.41, 5.74) is 2.77. The van der Waals surface area contributed by atoms with Crippen LogP contribution in [-0.4, -0.2) is 18.3 Å². The highest BCUT2D eigenvalue weighted by Crippen LogP contribution is 2.43. The average Bonchev–Trinajstić information content (AvgIpc) is 3.33. The standard InChI is InChI=1S/C21H30BFO2/c1-13(2)16-10-17(12-18(11-16)15-8-9-15)14(3)19(23)22-24-20(4,5)21(6,7)25-22/h10-13,15H,8-9H2,1-7H3. The Bertz CT molecular complexity index is 666. The van der Waals surface area contributed by atoms with E-state index in [9.17, 15) is 0 Å². The summed E-state index contributed by atoms with van der Waals surface area (Å²) in [6.07, 6.45) is 2.48. The van der Waals surface area contributed by atoms with Gasteiger partial charge in [0.15, 0.2) is 0 Å². The first-order chi connectivity index (χ1) is 11.5. The molecule has 2 aliphatic rings. The van der Waals surface area contributed by atoms with Crippen LogP contribution in [-0.2, 0) is 9.31 Å². The molecule has 1 heterocycles. The van der Waals surface area contributed by atoms with E-state index >= 15 is 4.39 Å². The number of benzene rings is 1. The molecule has 1 aliphatic heterocycles. The van der Waals surface area contributed by atoms with Gasteiger partial charge >= 0.3 is 7.12 Å². The highest BCUT2D eigenvalue weighted by Gasteiger charge is 2.53. The molecule has 0 radical (unpaired) electrons. The molecule has 0 bridgehead atoms. The van der Waals surface area contributed by atoms with Crippen molar-refractivity contribution in [2.24, 2.45) is 0 Å². The lowest BCUT2D eigenvalue weighted by Gasteiger charge is -2.32. The summed E-state index contributed by atoms with van der Waals surface area (Å²) in [6, 6.07) is 6.53. The van der Waals surface area contributed by atoms with E-state index in [1.807, 2.05) is 34.6 Å². The molecule has 2 fully saturated rings. The third-order valence-corrected chi connectivity index (χ3v) is 5.94. The summed E-state index contributed by atoms with van der Waals surface area (Å²) >= 11 is 0. The Labute approximate surface area is 151 Å². The van der Waals surface area contributed by atoms with Crippen molar-refractivity contribution in [1.82, 2.24) is 0 Å². The van der Waals surface area contributed by atoms with Gasteiger partial charge < -0.3 is 9.31 Å². The van der Waals surface area contributed by atoms with Gasteiger partial charge in [0.1, 0.15) is 5.73 Å². The SMILES string of the molecule is CC(=C(F)B1OC(C)(C)C(C)(C)O1)c1cc(C(C)C)cc(C2CC2)c1. The minimum atomic E-state index is -0.933. The molecule has 1 saturated heterocycles. The second-order valence-corrected chi connectivity index (χ2v) is 8.88. The normalized spacial score (nSPS) is 23.2. The fourth-order valence-corrected chi connectivity index (χ4v) is 3.14. The first-order valence-electron chi connectivity index (χ1n) is 9.39.